The third-order valence-corrected chi connectivity index (χ3v) is 3.65. The van der Waals surface area contributed by atoms with Gasteiger partial charge in [-0.3, -0.25) is 9.89 Å². The van der Waals surface area contributed by atoms with Gasteiger partial charge in [-0.15, -0.1) is 0 Å². The number of pyridine rings is 1. The highest BCUT2D eigenvalue weighted by molar-refractivity contribution is 5.95. The molecular formula is C17H19N5O2. The molecule has 0 aliphatic carbocycles. The smallest absolute Gasteiger partial charge is 0.251 e. The van der Waals surface area contributed by atoms with E-state index in [-0.39, 0.29) is 5.91 Å². The van der Waals surface area contributed by atoms with E-state index in [0.717, 1.165) is 28.1 Å². The zero-order valence-corrected chi connectivity index (χ0v) is 13.6. The quantitative estimate of drug-likeness (QED) is 0.605. The lowest BCUT2D eigenvalue weighted by Crippen LogP contribution is -2.26. The predicted molar refractivity (Wildman–Crippen MR) is 92.6 cm³/mol. The van der Waals surface area contributed by atoms with E-state index < -0.39 is 0 Å². The highest BCUT2D eigenvalue weighted by Crippen LogP contribution is 2.25. The molecular weight excluding hydrogens is 306 g/mol. The zero-order chi connectivity index (χ0) is 16.9. The van der Waals surface area contributed by atoms with Gasteiger partial charge in [-0.1, -0.05) is 0 Å². The molecule has 2 aromatic heterocycles. The maximum atomic E-state index is 12.0. The number of carbonyl (C=O) groups is 1. The van der Waals surface area contributed by atoms with Crippen molar-refractivity contribution in [2.24, 2.45) is 0 Å². The summed E-state index contributed by atoms with van der Waals surface area (Å²) in [4.78, 5) is 16.3. The summed E-state index contributed by atoms with van der Waals surface area (Å²) >= 11 is 0. The number of nitrogens with one attached hydrogen (secondary N) is 3. The number of benzene rings is 1. The second kappa shape index (κ2) is 7.10. The molecule has 24 heavy (non-hydrogen) atoms. The van der Waals surface area contributed by atoms with E-state index in [1.165, 1.54) is 0 Å². The maximum absolute atomic E-state index is 12.0. The van der Waals surface area contributed by atoms with E-state index >= 15 is 0 Å². The molecule has 3 rings (SSSR count). The van der Waals surface area contributed by atoms with Crippen LogP contribution in [0.3, 0.4) is 0 Å². The number of carbonyl (C=O) groups excluding carboxylic acids is 1. The molecule has 0 saturated carbocycles. The van der Waals surface area contributed by atoms with Crippen LogP contribution in [0.5, 0.6) is 0 Å². The molecule has 1 aromatic carbocycles. The van der Waals surface area contributed by atoms with E-state index in [1.54, 1.807) is 25.4 Å². The van der Waals surface area contributed by atoms with Crippen molar-refractivity contribution in [2.45, 2.75) is 6.92 Å². The fourth-order valence-electron chi connectivity index (χ4n) is 2.42. The lowest BCUT2D eigenvalue weighted by molar-refractivity contribution is 0.0937. The van der Waals surface area contributed by atoms with E-state index in [0.29, 0.717) is 18.7 Å². The Bertz CT molecular complexity index is 842. The highest BCUT2D eigenvalue weighted by atomic mass is 16.5. The molecule has 0 aliphatic rings. The van der Waals surface area contributed by atoms with Crippen LogP contribution in [-0.4, -0.2) is 41.3 Å². The van der Waals surface area contributed by atoms with Crippen LogP contribution in [0.2, 0.25) is 0 Å². The molecule has 7 heteroatoms. The summed E-state index contributed by atoms with van der Waals surface area (Å²) < 4.78 is 4.91. The summed E-state index contributed by atoms with van der Waals surface area (Å²) in [7, 11) is 1.60. The van der Waals surface area contributed by atoms with E-state index in [2.05, 4.69) is 25.8 Å². The van der Waals surface area contributed by atoms with Gasteiger partial charge in [0.15, 0.2) is 0 Å². The molecule has 0 atom stereocenters. The lowest BCUT2D eigenvalue weighted by atomic mass is 10.2. The van der Waals surface area contributed by atoms with Gasteiger partial charge in [0, 0.05) is 36.8 Å². The Balaban J connectivity index is 1.74. The number of aromatic nitrogens is 3. The van der Waals surface area contributed by atoms with Crippen molar-refractivity contribution in [1.82, 2.24) is 20.5 Å². The van der Waals surface area contributed by atoms with Crippen molar-refractivity contribution in [2.75, 3.05) is 25.6 Å². The molecule has 7 nitrogen and oxygen atoms in total. The zero-order valence-electron chi connectivity index (χ0n) is 13.6. The molecule has 0 aliphatic heterocycles. The Morgan fingerprint density at radius 3 is 2.79 bits per heavy atom. The SMILES string of the molecule is COCCNC(=O)c1ccc(Nc2nccc3n[nH]c(C)c23)cc1. The molecule has 3 N–H and O–H groups in total. The number of fused-ring (bicyclic) bond motifs is 1. The minimum Gasteiger partial charge on any atom is -0.383 e. The number of methoxy groups -OCH3 is 1. The summed E-state index contributed by atoms with van der Waals surface area (Å²) in [6.07, 6.45) is 1.71. The van der Waals surface area contributed by atoms with Crippen LogP contribution < -0.4 is 10.6 Å². The van der Waals surface area contributed by atoms with Crippen molar-refractivity contribution in [1.29, 1.82) is 0 Å². The average Bonchev–Trinajstić information content (AvgIpc) is 2.98. The highest BCUT2D eigenvalue weighted by Gasteiger charge is 2.09. The number of aryl methyl sites for hydroxylation is 1. The van der Waals surface area contributed by atoms with Crippen LogP contribution in [-0.2, 0) is 4.74 Å². The molecule has 0 spiro atoms. The van der Waals surface area contributed by atoms with E-state index in [1.807, 2.05) is 25.1 Å². The van der Waals surface area contributed by atoms with Gasteiger partial charge >= 0.3 is 0 Å². The first-order valence-corrected chi connectivity index (χ1v) is 7.63. The minimum atomic E-state index is -0.121. The van der Waals surface area contributed by atoms with Crippen molar-refractivity contribution < 1.29 is 9.53 Å². The Morgan fingerprint density at radius 1 is 1.25 bits per heavy atom. The molecule has 0 saturated heterocycles. The first-order chi connectivity index (χ1) is 11.7. The van der Waals surface area contributed by atoms with Crippen LogP contribution in [0.4, 0.5) is 11.5 Å². The van der Waals surface area contributed by atoms with Gasteiger partial charge in [-0.25, -0.2) is 4.98 Å². The number of amides is 1. The number of rotatable bonds is 6. The molecule has 0 radical (unpaired) electrons. The molecule has 1 amide bonds. The second-order valence-corrected chi connectivity index (χ2v) is 5.35. The van der Waals surface area contributed by atoms with Gasteiger partial charge in [-0.05, 0) is 37.3 Å². The van der Waals surface area contributed by atoms with Crippen molar-refractivity contribution >= 4 is 28.3 Å². The fourth-order valence-corrected chi connectivity index (χ4v) is 2.42. The number of anilines is 2. The Labute approximate surface area is 139 Å². The number of H-pyrrole nitrogens is 1. The van der Waals surface area contributed by atoms with Crippen LogP contribution in [0.15, 0.2) is 36.5 Å². The van der Waals surface area contributed by atoms with Crippen molar-refractivity contribution in [3.05, 3.63) is 47.8 Å². The largest absolute Gasteiger partial charge is 0.383 e. The van der Waals surface area contributed by atoms with E-state index in [4.69, 9.17) is 4.74 Å². The fraction of sp³-hybridized carbons (Fsp3) is 0.235. The van der Waals surface area contributed by atoms with Crippen molar-refractivity contribution in [3.63, 3.8) is 0 Å². The number of ether oxygens (including phenoxy) is 1. The van der Waals surface area contributed by atoms with Crippen LogP contribution in [0, 0.1) is 6.92 Å². The summed E-state index contributed by atoms with van der Waals surface area (Å²) in [6.45, 7) is 2.93. The Morgan fingerprint density at radius 2 is 2.04 bits per heavy atom. The van der Waals surface area contributed by atoms with Gasteiger partial charge in [0.2, 0.25) is 0 Å². The first-order valence-electron chi connectivity index (χ1n) is 7.63. The Hall–Kier alpha value is -2.93. The number of hydrogen-bond donors (Lipinski definition) is 3. The molecule has 124 valence electrons. The molecule has 0 unspecified atom stereocenters. The summed E-state index contributed by atoms with van der Waals surface area (Å²) in [6, 6.07) is 9.10. The molecule has 3 aromatic rings. The second-order valence-electron chi connectivity index (χ2n) is 5.35. The van der Waals surface area contributed by atoms with Crippen LogP contribution in [0.25, 0.3) is 10.9 Å². The standard InChI is InChI=1S/C17H19N5O2/c1-11-15-14(22-21-11)7-8-18-16(15)20-13-5-3-12(4-6-13)17(23)19-9-10-24-2/h3-8H,9-10H2,1-2H3,(H,18,20)(H,19,23)(H,21,22). The van der Waals surface area contributed by atoms with E-state index in [9.17, 15) is 4.79 Å². The first kappa shape index (κ1) is 15.9. The molecule has 0 bridgehead atoms. The van der Waals surface area contributed by atoms with Crippen molar-refractivity contribution in [3.8, 4) is 0 Å². The predicted octanol–water partition coefficient (Wildman–Crippen LogP) is 2.39. The van der Waals surface area contributed by atoms with Crippen LogP contribution in [0.1, 0.15) is 16.1 Å². The maximum Gasteiger partial charge on any atom is 0.251 e. The summed E-state index contributed by atoms with van der Waals surface area (Å²) in [5.41, 5.74) is 3.26. The van der Waals surface area contributed by atoms with Gasteiger partial charge < -0.3 is 15.4 Å². The monoisotopic (exact) mass is 325 g/mol. The minimum absolute atomic E-state index is 0.121. The number of aromatic amines is 1. The van der Waals surface area contributed by atoms with Gasteiger partial charge in [-0.2, -0.15) is 5.10 Å². The topological polar surface area (TPSA) is 91.9 Å². The van der Waals surface area contributed by atoms with Gasteiger partial charge in [0.05, 0.1) is 17.5 Å². The lowest BCUT2D eigenvalue weighted by Gasteiger charge is -2.08. The third kappa shape index (κ3) is 3.36. The van der Waals surface area contributed by atoms with Gasteiger partial charge in [0.25, 0.3) is 5.91 Å². The molecule has 0 fully saturated rings. The van der Waals surface area contributed by atoms with Crippen LogP contribution >= 0.6 is 0 Å². The normalized spacial score (nSPS) is 10.8. The summed E-state index contributed by atoms with van der Waals surface area (Å²) in [5.74, 6) is 0.612. The number of nitrogens with zero attached hydrogens (tertiary/aromatic N) is 2. The summed E-state index contributed by atoms with van der Waals surface area (Å²) in [5, 5.41) is 14.2. The average molecular weight is 325 g/mol. The number of hydrogen-bond acceptors (Lipinski definition) is 5. The Kier molecular flexibility index (Phi) is 4.72. The third-order valence-electron chi connectivity index (χ3n) is 3.65. The molecule has 2 heterocycles. The van der Waals surface area contributed by atoms with Gasteiger partial charge in [0.1, 0.15) is 5.82 Å².